The van der Waals surface area contributed by atoms with E-state index < -0.39 is 0 Å². The molecule has 1 rings (SSSR count). The first-order valence-electron chi connectivity index (χ1n) is 3.86. The summed E-state index contributed by atoms with van der Waals surface area (Å²) in [6, 6.07) is 0. The Balaban J connectivity index is 2.72. The van der Waals surface area contributed by atoms with Crippen molar-refractivity contribution < 1.29 is 5.11 Å². The van der Waals surface area contributed by atoms with Gasteiger partial charge < -0.3 is 5.11 Å². The molecule has 58 valence electrons. The number of hydrogen-bond acceptors (Lipinski definition) is 1. The molecule has 1 aliphatic rings. The van der Waals surface area contributed by atoms with Crippen LogP contribution in [0, 0.1) is 5.41 Å². The summed E-state index contributed by atoms with van der Waals surface area (Å²) in [6.07, 6.45) is 3.86. The minimum atomic E-state index is -0.142. The molecule has 0 aromatic heterocycles. The van der Waals surface area contributed by atoms with Crippen LogP contribution < -0.4 is 0 Å². The maximum atomic E-state index is 9.51. The fourth-order valence-electron chi connectivity index (χ4n) is 1.54. The zero-order chi connectivity index (χ0) is 7.78. The standard InChI is InChI=1S/C9H16O/c1-7-4-5-8(10)9(2,3)6-7/h4,8,10H,5-6H2,1-3H3. The molecule has 1 atom stereocenters. The van der Waals surface area contributed by atoms with Crippen molar-refractivity contribution in [1.82, 2.24) is 0 Å². The van der Waals surface area contributed by atoms with Crippen LogP contribution in [0.4, 0.5) is 0 Å². The topological polar surface area (TPSA) is 20.2 Å². The van der Waals surface area contributed by atoms with Gasteiger partial charge in [-0.15, -0.1) is 0 Å². The molecule has 1 unspecified atom stereocenters. The molecule has 1 aliphatic carbocycles. The summed E-state index contributed by atoms with van der Waals surface area (Å²) in [7, 11) is 0. The zero-order valence-electron chi connectivity index (χ0n) is 7.02. The highest BCUT2D eigenvalue weighted by Crippen LogP contribution is 2.34. The van der Waals surface area contributed by atoms with Crippen molar-refractivity contribution in [1.29, 1.82) is 0 Å². The van der Waals surface area contributed by atoms with E-state index in [0.29, 0.717) is 0 Å². The van der Waals surface area contributed by atoms with Gasteiger partial charge >= 0.3 is 0 Å². The molecule has 0 spiro atoms. The second kappa shape index (κ2) is 2.39. The fraction of sp³-hybridized carbons (Fsp3) is 0.778. The molecular weight excluding hydrogens is 124 g/mol. The lowest BCUT2D eigenvalue weighted by Crippen LogP contribution is -2.31. The molecule has 0 aromatic carbocycles. The minimum Gasteiger partial charge on any atom is -0.392 e. The highest BCUT2D eigenvalue weighted by molar-refractivity contribution is 5.08. The van der Waals surface area contributed by atoms with Gasteiger partial charge in [0.25, 0.3) is 0 Å². The van der Waals surface area contributed by atoms with Crippen LogP contribution in [0.25, 0.3) is 0 Å². The van der Waals surface area contributed by atoms with Crippen molar-refractivity contribution in [3.63, 3.8) is 0 Å². The van der Waals surface area contributed by atoms with E-state index in [1.54, 1.807) is 0 Å². The Labute approximate surface area is 62.8 Å². The predicted molar refractivity (Wildman–Crippen MR) is 42.8 cm³/mol. The van der Waals surface area contributed by atoms with E-state index in [4.69, 9.17) is 0 Å². The Morgan fingerprint density at radius 2 is 2.20 bits per heavy atom. The number of hydrogen-bond donors (Lipinski definition) is 1. The van der Waals surface area contributed by atoms with Crippen molar-refractivity contribution in [3.8, 4) is 0 Å². The highest BCUT2D eigenvalue weighted by Gasteiger charge is 2.29. The van der Waals surface area contributed by atoms with E-state index >= 15 is 0 Å². The lowest BCUT2D eigenvalue weighted by molar-refractivity contribution is 0.0462. The van der Waals surface area contributed by atoms with Gasteiger partial charge in [0.05, 0.1) is 6.10 Å². The normalized spacial score (nSPS) is 31.6. The average Bonchev–Trinajstić information content (AvgIpc) is 1.78. The van der Waals surface area contributed by atoms with Gasteiger partial charge in [-0.05, 0) is 25.2 Å². The SMILES string of the molecule is CC1=CCC(O)C(C)(C)C1. The summed E-state index contributed by atoms with van der Waals surface area (Å²) in [5.74, 6) is 0. The van der Waals surface area contributed by atoms with Crippen LogP contribution in [0.5, 0.6) is 0 Å². The molecule has 0 radical (unpaired) electrons. The van der Waals surface area contributed by atoms with Gasteiger partial charge in [-0.1, -0.05) is 25.5 Å². The van der Waals surface area contributed by atoms with Gasteiger partial charge in [0.1, 0.15) is 0 Å². The molecule has 1 N–H and O–H groups in total. The third-order valence-electron chi connectivity index (χ3n) is 2.33. The van der Waals surface area contributed by atoms with E-state index in [9.17, 15) is 5.11 Å². The van der Waals surface area contributed by atoms with Crippen molar-refractivity contribution in [3.05, 3.63) is 11.6 Å². The largest absolute Gasteiger partial charge is 0.392 e. The zero-order valence-corrected chi connectivity index (χ0v) is 7.02. The summed E-state index contributed by atoms with van der Waals surface area (Å²) < 4.78 is 0. The number of aliphatic hydroxyl groups excluding tert-OH is 1. The molecule has 0 saturated carbocycles. The van der Waals surface area contributed by atoms with E-state index in [2.05, 4.69) is 26.8 Å². The fourth-order valence-corrected chi connectivity index (χ4v) is 1.54. The van der Waals surface area contributed by atoms with Gasteiger partial charge in [0, 0.05) is 0 Å². The van der Waals surface area contributed by atoms with E-state index in [1.165, 1.54) is 5.57 Å². The molecule has 0 aliphatic heterocycles. The third-order valence-corrected chi connectivity index (χ3v) is 2.33. The van der Waals surface area contributed by atoms with Crippen LogP contribution in [-0.4, -0.2) is 11.2 Å². The van der Waals surface area contributed by atoms with Crippen molar-refractivity contribution in [2.75, 3.05) is 0 Å². The average molecular weight is 140 g/mol. The summed E-state index contributed by atoms with van der Waals surface area (Å²) in [4.78, 5) is 0. The predicted octanol–water partition coefficient (Wildman–Crippen LogP) is 2.11. The second-order valence-electron chi connectivity index (χ2n) is 3.97. The third kappa shape index (κ3) is 1.40. The van der Waals surface area contributed by atoms with Gasteiger partial charge in [0.2, 0.25) is 0 Å². The van der Waals surface area contributed by atoms with E-state index in [1.807, 2.05) is 0 Å². The van der Waals surface area contributed by atoms with Crippen molar-refractivity contribution in [2.45, 2.75) is 39.7 Å². The van der Waals surface area contributed by atoms with Gasteiger partial charge in [0.15, 0.2) is 0 Å². The van der Waals surface area contributed by atoms with Crippen LogP contribution in [0.1, 0.15) is 33.6 Å². The van der Waals surface area contributed by atoms with Crippen LogP contribution in [0.15, 0.2) is 11.6 Å². The molecule has 0 saturated heterocycles. The summed E-state index contributed by atoms with van der Waals surface area (Å²) in [6.45, 7) is 6.37. The molecular formula is C9H16O. The molecule has 0 amide bonds. The smallest absolute Gasteiger partial charge is 0.0628 e. The Morgan fingerprint density at radius 3 is 2.60 bits per heavy atom. The Hall–Kier alpha value is -0.300. The Bertz CT molecular complexity index is 156. The molecule has 0 aromatic rings. The lowest BCUT2D eigenvalue weighted by atomic mass is 9.75. The van der Waals surface area contributed by atoms with Gasteiger partial charge in [-0.2, -0.15) is 0 Å². The minimum absolute atomic E-state index is 0.0961. The first-order valence-corrected chi connectivity index (χ1v) is 3.86. The maximum Gasteiger partial charge on any atom is 0.0628 e. The highest BCUT2D eigenvalue weighted by atomic mass is 16.3. The second-order valence-corrected chi connectivity index (χ2v) is 3.97. The first-order chi connectivity index (χ1) is 4.52. The summed E-state index contributed by atoms with van der Waals surface area (Å²) in [5.41, 5.74) is 1.51. The Kier molecular flexibility index (Phi) is 1.86. The van der Waals surface area contributed by atoms with Crippen molar-refractivity contribution >= 4 is 0 Å². The quantitative estimate of drug-likeness (QED) is 0.511. The van der Waals surface area contributed by atoms with Crippen LogP contribution >= 0.6 is 0 Å². The van der Waals surface area contributed by atoms with Crippen molar-refractivity contribution in [2.24, 2.45) is 5.41 Å². The summed E-state index contributed by atoms with van der Waals surface area (Å²) >= 11 is 0. The molecule has 0 heterocycles. The van der Waals surface area contributed by atoms with Crippen LogP contribution in [-0.2, 0) is 0 Å². The molecule has 1 nitrogen and oxygen atoms in total. The number of aliphatic hydroxyl groups is 1. The maximum absolute atomic E-state index is 9.51. The summed E-state index contributed by atoms with van der Waals surface area (Å²) in [5, 5.41) is 9.51. The molecule has 0 fully saturated rings. The van der Waals surface area contributed by atoms with Crippen LogP contribution in [0.2, 0.25) is 0 Å². The molecule has 1 heteroatoms. The number of rotatable bonds is 0. The van der Waals surface area contributed by atoms with E-state index in [-0.39, 0.29) is 11.5 Å². The first kappa shape index (κ1) is 7.80. The Morgan fingerprint density at radius 1 is 1.60 bits per heavy atom. The van der Waals surface area contributed by atoms with Gasteiger partial charge in [-0.25, -0.2) is 0 Å². The van der Waals surface area contributed by atoms with Crippen LogP contribution in [0.3, 0.4) is 0 Å². The number of allylic oxidation sites excluding steroid dienone is 1. The lowest BCUT2D eigenvalue weighted by Gasteiger charge is -2.33. The van der Waals surface area contributed by atoms with E-state index in [0.717, 1.165) is 12.8 Å². The molecule has 10 heavy (non-hydrogen) atoms. The van der Waals surface area contributed by atoms with Gasteiger partial charge in [-0.3, -0.25) is 0 Å². The monoisotopic (exact) mass is 140 g/mol. The molecule has 0 bridgehead atoms.